The van der Waals surface area contributed by atoms with Gasteiger partial charge in [-0.15, -0.1) is 0 Å². The van der Waals surface area contributed by atoms with Crippen molar-refractivity contribution in [2.75, 3.05) is 19.0 Å². The summed E-state index contributed by atoms with van der Waals surface area (Å²) < 4.78 is 5.22. The van der Waals surface area contributed by atoms with E-state index in [4.69, 9.17) is 16.3 Å². The zero-order valence-electron chi connectivity index (χ0n) is 14.5. The maximum absolute atomic E-state index is 12.5. The lowest BCUT2D eigenvalue weighted by Gasteiger charge is -2.21. The third kappa shape index (κ3) is 4.73. The molecule has 2 aromatic carbocycles. The number of aryl methyl sites for hydroxylation is 1. The highest BCUT2D eigenvalue weighted by Gasteiger charge is 2.22. The van der Waals surface area contributed by atoms with Crippen LogP contribution in [0.3, 0.4) is 0 Å². The highest BCUT2D eigenvalue weighted by atomic mass is 35.5. The zero-order chi connectivity index (χ0) is 18.4. The average molecular weight is 361 g/mol. The SMILES string of the molecule is CCN(Cc1ccccc1)C(=O)C(=O)Nc1cc(C)c(Cl)cc1OC. The molecule has 0 unspecified atom stereocenters. The molecule has 25 heavy (non-hydrogen) atoms. The molecule has 0 saturated heterocycles. The number of hydrogen-bond donors (Lipinski definition) is 1. The van der Waals surface area contributed by atoms with E-state index in [9.17, 15) is 9.59 Å². The highest BCUT2D eigenvalue weighted by Crippen LogP contribution is 2.30. The lowest BCUT2D eigenvalue weighted by molar-refractivity contribution is -0.143. The van der Waals surface area contributed by atoms with Gasteiger partial charge in [-0.1, -0.05) is 41.9 Å². The molecule has 5 nitrogen and oxygen atoms in total. The first kappa shape index (κ1) is 18.8. The van der Waals surface area contributed by atoms with E-state index >= 15 is 0 Å². The van der Waals surface area contributed by atoms with Crippen molar-refractivity contribution in [1.82, 2.24) is 4.90 Å². The number of halogens is 1. The molecule has 0 bridgehead atoms. The summed E-state index contributed by atoms with van der Waals surface area (Å²) in [6.45, 7) is 4.45. The molecule has 0 spiro atoms. The fourth-order valence-corrected chi connectivity index (χ4v) is 2.53. The van der Waals surface area contributed by atoms with Crippen LogP contribution in [-0.4, -0.2) is 30.4 Å². The molecule has 0 fully saturated rings. The Morgan fingerprint density at radius 1 is 1.20 bits per heavy atom. The first-order chi connectivity index (χ1) is 12.0. The van der Waals surface area contributed by atoms with E-state index in [1.54, 1.807) is 12.1 Å². The minimum absolute atomic E-state index is 0.375. The molecule has 1 N–H and O–H groups in total. The van der Waals surface area contributed by atoms with Crippen molar-refractivity contribution in [2.24, 2.45) is 0 Å². The van der Waals surface area contributed by atoms with Gasteiger partial charge in [0, 0.05) is 24.2 Å². The smallest absolute Gasteiger partial charge is 0.314 e. The number of benzene rings is 2. The van der Waals surface area contributed by atoms with Crippen LogP contribution in [0.5, 0.6) is 5.75 Å². The number of carbonyl (C=O) groups excluding carboxylic acids is 2. The second-order valence-electron chi connectivity index (χ2n) is 5.56. The van der Waals surface area contributed by atoms with E-state index < -0.39 is 11.8 Å². The van der Waals surface area contributed by atoms with E-state index in [1.165, 1.54) is 12.0 Å². The predicted molar refractivity (Wildman–Crippen MR) is 98.9 cm³/mol. The topological polar surface area (TPSA) is 58.6 Å². The summed E-state index contributed by atoms with van der Waals surface area (Å²) in [4.78, 5) is 26.3. The first-order valence-electron chi connectivity index (χ1n) is 7.94. The number of likely N-dealkylation sites (N-methyl/N-ethyl adjacent to an activating group) is 1. The standard InChI is InChI=1S/C19H21ClN2O3/c1-4-22(12-14-8-6-5-7-9-14)19(24)18(23)21-16-10-13(2)15(20)11-17(16)25-3/h5-11H,4,12H2,1-3H3,(H,21,23). The summed E-state index contributed by atoms with van der Waals surface area (Å²) in [6, 6.07) is 12.8. The van der Waals surface area contributed by atoms with Gasteiger partial charge in [0.1, 0.15) is 5.75 Å². The molecule has 0 aliphatic heterocycles. The van der Waals surface area contributed by atoms with Crippen LogP contribution >= 0.6 is 11.6 Å². The zero-order valence-corrected chi connectivity index (χ0v) is 15.3. The number of anilines is 1. The van der Waals surface area contributed by atoms with Crippen LogP contribution in [-0.2, 0) is 16.1 Å². The summed E-state index contributed by atoms with van der Waals surface area (Å²) in [6.07, 6.45) is 0. The van der Waals surface area contributed by atoms with Crippen molar-refractivity contribution in [3.63, 3.8) is 0 Å². The largest absolute Gasteiger partial charge is 0.495 e. The Balaban J connectivity index is 2.14. The van der Waals surface area contributed by atoms with Gasteiger partial charge in [-0.05, 0) is 31.0 Å². The Labute approximate surface area is 152 Å². The molecule has 2 amide bonds. The minimum Gasteiger partial charge on any atom is -0.495 e. The van der Waals surface area contributed by atoms with E-state index in [1.807, 2.05) is 44.2 Å². The minimum atomic E-state index is -0.710. The maximum Gasteiger partial charge on any atom is 0.314 e. The molecule has 0 aromatic heterocycles. The third-order valence-electron chi connectivity index (χ3n) is 3.81. The van der Waals surface area contributed by atoms with Gasteiger partial charge in [-0.2, -0.15) is 0 Å². The molecule has 132 valence electrons. The van der Waals surface area contributed by atoms with Crippen molar-refractivity contribution in [3.05, 3.63) is 58.6 Å². The molecule has 2 rings (SSSR count). The van der Waals surface area contributed by atoms with Crippen molar-refractivity contribution < 1.29 is 14.3 Å². The molecule has 0 aliphatic rings. The Hall–Kier alpha value is -2.53. The number of ether oxygens (including phenoxy) is 1. The summed E-state index contributed by atoms with van der Waals surface area (Å²) in [5.41, 5.74) is 2.16. The molecule has 0 aliphatic carbocycles. The molecule has 0 radical (unpaired) electrons. The van der Waals surface area contributed by atoms with E-state index in [2.05, 4.69) is 5.32 Å². The lowest BCUT2D eigenvalue weighted by atomic mass is 10.2. The molecular formula is C19H21ClN2O3. The van der Waals surface area contributed by atoms with Gasteiger partial charge >= 0.3 is 11.8 Å². The van der Waals surface area contributed by atoms with Gasteiger partial charge in [0.05, 0.1) is 12.8 Å². The van der Waals surface area contributed by atoms with Crippen LogP contribution in [0.25, 0.3) is 0 Å². The summed E-state index contributed by atoms with van der Waals surface area (Å²) >= 11 is 6.06. The van der Waals surface area contributed by atoms with Crippen LogP contribution in [0.1, 0.15) is 18.1 Å². The van der Waals surface area contributed by atoms with Crippen molar-refractivity contribution in [3.8, 4) is 5.75 Å². The fraction of sp³-hybridized carbons (Fsp3) is 0.263. The summed E-state index contributed by atoms with van der Waals surface area (Å²) in [5.74, 6) is -0.901. The van der Waals surface area contributed by atoms with Crippen LogP contribution in [0, 0.1) is 6.92 Å². The first-order valence-corrected chi connectivity index (χ1v) is 8.32. The van der Waals surface area contributed by atoms with Gasteiger partial charge in [0.25, 0.3) is 0 Å². The molecule has 0 saturated carbocycles. The van der Waals surface area contributed by atoms with Crippen molar-refractivity contribution in [2.45, 2.75) is 20.4 Å². The second kappa shape index (κ2) is 8.53. The number of nitrogens with zero attached hydrogens (tertiary/aromatic N) is 1. The maximum atomic E-state index is 12.5. The van der Waals surface area contributed by atoms with Crippen LogP contribution in [0.15, 0.2) is 42.5 Å². The van der Waals surface area contributed by atoms with Crippen LogP contribution < -0.4 is 10.1 Å². The molecule has 0 heterocycles. The second-order valence-corrected chi connectivity index (χ2v) is 5.97. The van der Waals surface area contributed by atoms with E-state index in [0.29, 0.717) is 29.5 Å². The third-order valence-corrected chi connectivity index (χ3v) is 4.22. The number of methoxy groups -OCH3 is 1. The molecule has 6 heteroatoms. The molecule has 0 atom stereocenters. The Morgan fingerprint density at radius 2 is 1.88 bits per heavy atom. The van der Waals surface area contributed by atoms with E-state index in [0.717, 1.165) is 11.1 Å². The highest BCUT2D eigenvalue weighted by molar-refractivity contribution is 6.39. The quantitative estimate of drug-likeness (QED) is 0.828. The van der Waals surface area contributed by atoms with Gasteiger partial charge in [-0.25, -0.2) is 0 Å². The average Bonchev–Trinajstić information content (AvgIpc) is 2.62. The summed E-state index contributed by atoms with van der Waals surface area (Å²) in [5, 5.41) is 3.14. The Kier molecular flexibility index (Phi) is 6.42. The van der Waals surface area contributed by atoms with Gasteiger partial charge in [0.2, 0.25) is 0 Å². The van der Waals surface area contributed by atoms with Crippen molar-refractivity contribution in [1.29, 1.82) is 0 Å². The number of hydrogen-bond acceptors (Lipinski definition) is 3. The molecule has 2 aromatic rings. The number of nitrogens with one attached hydrogen (secondary N) is 1. The monoisotopic (exact) mass is 360 g/mol. The number of rotatable bonds is 5. The summed E-state index contributed by atoms with van der Waals surface area (Å²) in [7, 11) is 1.48. The van der Waals surface area contributed by atoms with Crippen LogP contribution in [0.2, 0.25) is 5.02 Å². The van der Waals surface area contributed by atoms with Gasteiger partial charge in [0.15, 0.2) is 0 Å². The van der Waals surface area contributed by atoms with Gasteiger partial charge < -0.3 is 15.0 Å². The van der Waals surface area contributed by atoms with Crippen molar-refractivity contribution >= 4 is 29.1 Å². The Morgan fingerprint density at radius 3 is 2.48 bits per heavy atom. The number of amides is 2. The van der Waals surface area contributed by atoms with E-state index in [-0.39, 0.29) is 0 Å². The van der Waals surface area contributed by atoms with Crippen LogP contribution in [0.4, 0.5) is 5.69 Å². The normalized spacial score (nSPS) is 10.2. The predicted octanol–water partition coefficient (Wildman–Crippen LogP) is 3.64. The fourth-order valence-electron chi connectivity index (χ4n) is 2.38. The Bertz CT molecular complexity index is 763. The lowest BCUT2D eigenvalue weighted by Crippen LogP contribution is -2.39. The number of carbonyl (C=O) groups is 2. The molecular weight excluding hydrogens is 340 g/mol. The van der Waals surface area contributed by atoms with Gasteiger partial charge in [-0.3, -0.25) is 9.59 Å².